The summed E-state index contributed by atoms with van der Waals surface area (Å²) in [7, 11) is 3.44. The van der Waals surface area contributed by atoms with Gasteiger partial charge in [-0.1, -0.05) is 6.07 Å². The molecule has 2 heteroatoms. The van der Waals surface area contributed by atoms with Gasteiger partial charge in [0.15, 0.2) is 0 Å². The lowest BCUT2D eigenvalue weighted by molar-refractivity contribution is 0.412. The lowest BCUT2D eigenvalue weighted by Gasteiger charge is -2.14. The van der Waals surface area contributed by atoms with Crippen LogP contribution >= 0.6 is 0 Å². The number of hydrogen-bond donors (Lipinski definition) is 0. The number of benzene rings is 3. The molecule has 0 amide bonds. The van der Waals surface area contributed by atoms with E-state index in [0.29, 0.717) is 0 Å². The Kier molecular flexibility index (Phi) is 3.25. The smallest absolute Gasteiger partial charge is 0.122 e. The molecule has 0 unspecified atom stereocenters. The maximum Gasteiger partial charge on any atom is 0.122 e. The first kappa shape index (κ1) is 13.7. The Morgan fingerprint density at radius 2 is 1.14 bits per heavy atom. The van der Waals surface area contributed by atoms with Crippen molar-refractivity contribution in [1.29, 1.82) is 0 Å². The highest BCUT2D eigenvalue weighted by Gasteiger charge is 2.10. The third kappa shape index (κ3) is 2.11. The molecular formula is C19H20O2. The molecule has 0 aliphatic carbocycles. The van der Waals surface area contributed by atoms with Crippen LogP contribution < -0.4 is 9.47 Å². The molecule has 0 aromatic heterocycles. The fourth-order valence-corrected chi connectivity index (χ4v) is 3.04. The van der Waals surface area contributed by atoms with Crippen molar-refractivity contribution < 1.29 is 9.47 Å². The van der Waals surface area contributed by atoms with E-state index in [-0.39, 0.29) is 0 Å². The maximum atomic E-state index is 5.46. The van der Waals surface area contributed by atoms with Gasteiger partial charge in [-0.25, -0.2) is 0 Å². The van der Waals surface area contributed by atoms with Crippen molar-refractivity contribution in [3.05, 3.63) is 47.0 Å². The summed E-state index contributed by atoms with van der Waals surface area (Å²) in [6.45, 7) is 6.31. The molecule has 0 aliphatic heterocycles. The van der Waals surface area contributed by atoms with Gasteiger partial charge < -0.3 is 9.47 Å². The molecule has 0 saturated heterocycles. The predicted molar refractivity (Wildman–Crippen MR) is 88.8 cm³/mol. The number of aryl methyl sites for hydroxylation is 3. The average Bonchev–Trinajstić information content (AvgIpc) is 2.47. The largest absolute Gasteiger partial charge is 0.496 e. The molecule has 21 heavy (non-hydrogen) atoms. The van der Waals surface area contributed by atoms with Crippen LogP contribution in [0.5, 0.6) is 11.5 Å². The van der Waals surface area contributed by atoms with Crippen LogP contribution in [0.25, 0.3) is 21.5 Å². The molecule has 2 nitrogen and oxygen atoms in total. The molecule has 3 rings (SSSR count). The summed E-state index contributed by atoms with van der Waals surface area (Å²) >= 11 is 0. The van der Waals surface area contributed by atoms with Crippen molar-refractivity contribution in [3.63, 3.8) is 0 Å². The molecule has 0 radical (unpaired) electrons. The Labute approximate surface area is 125 Å². The van der Waals surface area contributed by atoms with Gasteiger partial charge in [-0.15, -0.1) is 0 Å². The van der Waals surface area contributed by atoms with Crippen LogP contribution in [0, 0.1) is 20.8 Å². The van der Waals surface area contributed by atoms with E-state index in [9.17, 15) is 0 Å². The van der Waals surface area contributed by atoms with Crippen molar-refractivity contribution in [2.24, 2.45) is 0 Å². The minimum absolute atomic E-state index is 0.937. The zero-order valence-corrected chi connectivity index (χ0v) is 13.2. The van der Waals surface area contributed by atoms with Crippen molar-refractivity contribution in [2.45, 2.75) is 20.8 Å². The standard InChI is InChI=1S/C19H20O2/c1-11-6-14-9-18(20-4)12(2)7-16(14)17-8-13(3)19(21-5)10-15(11)17/h6-10H,1-5H3. The molecule has 0 saturated carbocycles. The van der Waals surface area contributed by atoms with Crippen LogP contribution in [0.3, 0.4) is 0 Å². The van der Waals surface area contributed by atoms with E-state index in [1.165, 1.54) is 27.1 Å². The molecule has 108 valence electrons. The van der Waals surface area contributed by atoms with E-state index in [1.807, 2.05) is 0 Å². The zero-order chi connectivity index (χ0) is 15.1. The van der Waals surface area contributed by atoms with Gasteiger partial charge >= 0.3 is 0 Å². The fourth-order valence-electron chi connectivity index (χ4n) is 3.04. The van der Waals surface area contributed by atoms with Crippen LogP contribution in [-0.2, 0) is 0 Å². The molecule has 0 fully saturated rings. The third-order valence-electron chi connectivity index (χ3n) is 4.19. The molecule has 3 aromatic rings. The fraction of sp³-hybridized carbons (Fsp3) is 0.263. The molecule has 0 atom stereocenters. The first-order chi connectivity index (χ1) is 10.0. The Morgan fingerprint density at radius 1 is 0.571 bits per heavy atom. The highest BCUT2D eigenvalue weighted by molar-refractivity contribution is 6.10. The van der Waals surface area contributed by atoms with Crippen LogP contribution in [0.2, 0.25) is 0 Å². The van der Waals surface area contributed by atoms with E-state index >= 15 is 0 Å². The average molecular weight is 280 g/mol. The van der Waals surface area contributed by atoms with E-state index in [0.717, 1.165) is 22.6 Å². The van der Waals surface area contributed by atoms with Crippen LogP contribution in [0.4, 0.5) is 0 Å². The molecule has 3 aromatic carbocycles. The quantitative estimate of drug-likeness (QED) is 0.619. The summed E-state index contributed by atoms with van der Waals surface area (Å²) in [5.41, 5.74) is 3.57. The lowest BCUT2D eigenvalue weighted by atomic mass is 9.94. The summed E-state index contributed by atoms with van der Waals surface area (Å²) in [6.07, 6.45) is 0. The van der Waals surface area contributed by atoms with Gasteiger partial charge in [0, 0.05) is 0 Å². The number of rotatable bonds is 2. The van der Waals surface area contributed by atoms with E-state index in [4.69, 9.17) is 9.47 Å². The van der Waals surface area contributed by atoms with Gasteiger partial charge in [0.1, 0.15) is 11.5 Å². The number of ether oxygens (including phenoxy) is 2. The van der Waals surface area contributed by atoms with E-state index in [2.05, 4.69) is 51.1 Å². The highest BCUT2D eigenvalue weighted by Crippen LogP contribution is 2.36. The highest BCUT2D eigenvalue weighted by atomic mass is 16.5. The molecular weight excluding hydrogens is 260 g/mol. The topological polar surface area (TPSA) is 18.5 Å². The minimum atomic E-state index is 0.937. The van der Waals surface area contributed by atoms with Gasteiger partial charge in [0.05, 0.1) is 14.2 Å². The zero-order valence-electron chi connectivity index (χ0n) is 13.2. The third-order valence-corrected chi connectivity index (χ3v) is 4.19. The summed E-state index contributed by atoms with van der Waals surface area (Å²) in [5.74, 6) is 1.88. The summed E-state index contributed by atoms with van der Waals surface area (Å²) in [4.78, 5) is 0. The van der Waals surface area contributed by atoms with E-state index < -0.39 is 0 Å². The normalized spacial score (nSPS) is 11.1. The van der Waals surface area contributed by atoms with E-state index in [1.54, 1.807) is 14.2 Å². The molecule has 0 heterocycles. The minimum Gasteiger partial charge on any atom is -0.496 e. The van der Waals surface area contributed by atoms with Crippen molar-refractivity contribution in [3.8, 4) is 11.5 Å². The monoisotopic (exact) mass is 280 g/mol. The SMILES string of the molecule is COc1cc2cc(C)c3cc(OC)c(C)cc3c2cc1C. The van der Waals surface area contributed by atoms with Crippen LogP contribution in [0.1, 0.15) is 16.7 Å². The lowest BCUT2D eigenvalue weighted by Crippen LogP contribution is -1.92. The number of fused-ring (bicyclic) bond motifs is 3. The Hall–Kier alpha value is -2.22. The van der Waals surface area contributed by atoms with Gasteiger partial charge in [-0.2, -0.15) is 0 Å². The second-order valence-corrected chi connectivity index (χ2v) is 5.60. The van der Waals surface area contributed by atoms with Gasteiger partial charge in [0.25, 0.3) is 0 Å². The van der Waals surface area contributed by atoms with Crippen molar-refractivity contribution >= 4 is 21.5 Å². The molecule has 0 aliphatic rings. The van der Waals surface area contributed by atoms with Gasteiger partial charge in [-0.05, 0) is 83.3 Å². The predicted octanol–water partition coefficient (Wildman–Crippen LogP) is 4.94. The van der Waals surface area contributed by atoms with Crippen molar-refractivity contribution in [1.82, 2.24) is 0 Å². The number of methoxy groups -OCH3 is 2. The Morgan fingerprint density at radius 3 is 1.76 bits per heavy atom. The van der Waals surface area contributed by atoms with Crippen LogP contribution in [-0.4, -0.2) is 14.2 Å². The van der Waals surface area contributed by atoms with Crippen LogP contribution in [0.15, 0.2) is 30.3 Å². The summed E-state index contributed by atoms with van der Waals surface area (Å²) < 4.78 is 10.9. The summed E-state index contributed by atoms with van der Waals surface area (Å²) in [6, 6.07) is 10.9. The second-order valence-electron chi connectivity index (χ2n) is 5.60. The summed E-state index contributed by atoms with van der Waals surface area (Å²) in [5, 5.41) is 5.00. The molecule has 0 N–H and O–H groups in total. The van der Waals surface area contributed by atoms with Gasteiger partial charge in [-0.3, -0.25) is 0 Å². The molecule has 0 bridgehead atoms. The van der Waals surface area contributed by atoms with Gasteiger partial charge in [0.2, 0.25) is 0 Å². The first-order valence-corrected chi connectivity index (χ1v) is 7.11. The second kappa shape index (κ2) is 4.96. The molecule has 0 spiro atoms. The number of hydrogen-bond acceptors (Lipinski definition) is 2. The van der Waals surface area contributed by atoms with Crippen molar-refractivity contribution in [2.75, 3.05) is 14.2 Å². The maximum absolute atomic E-state index is 5.46. The Bertz CT molecular complexity index is 847. The first-order valence-electron chi connectivity index (χ1n) is 7.11. The Balaban J connectivity index is 2.47.